The quantitative estimate of drug-likeness (QED) is 0.282. The molecule has 7 rings (SSSR count). The van der Waals surface area contributed by atoms with Crippen molar-refractivity contribution in [2.45, 2.75) is 0 Å². The molecule has 30 heavy (non-hydrogen) atoms. The molecule has 5 aromatic carbocycles. The smallest absolute Gasteiger partial charge is 0.137 e. The lowest BCUT2D eigenvalue weighted by Gasteiger charge is -2.10. The van der Waals surface area contributed by atoms with Gasteiger partial charge in [0.15, 0.2) is 0 Å². The van der Waals surface area contributed by atoms with Crippen LogP contribution in [-0.4, -0.2) is 4.57 Å². The summed E-state index contributed by atoms with van der Waals surface area (Å²) in [7, 11) is 0. The van der Waals surface area contributed by atoms with Gasteiger partial charge in [-0.2, -0.15) is 0 Å². The average Bonchev–Trinajstić information content (AvgIpc) is 3.34. The van der Waals surface area contributed by atoms with Crippen molar-refractivity contribution in [1.82, 2.24) is 4.57 Å². The number of rotatable bonds is 1. The summed E-state index contributed by atoms with van der Waals surface area (Å²) in [5.41, 5.74) is 5.41. The number of aromatic nitrogens is 1. The van der Waals surface area contributed by atoms with E-state index in [9.17, 15) is 0 Å². The van der Waals surface area contributed by atoms with E-state index in [0.717, 1.165) is 27.6 Å². The first-order valence-corrected chi connectivity index (χ1v) is 10.2. The van der Waals surface area contributed by atoms with Gasteiger partial charge in [-0.25, -0.2) is 0 Å². The highest BCUT2D eigenvalue weighted by molar-refractivity contribution is 6.18. The Morgan fingerprint density at radius 2 is 1.20 bits per heavy atom. The zero-order chi connectivity index (χ0) is 19.7. The summed E-state index contributed by atoms with van der Waals surface area (Å²) in [5.74, 6) is 0. The molecule has 0 atom stereocenters. The van der Waals surface area contributed by atoms with E-state index < -0.39 is 0 Å². The van der Waals surface area contributed by atoms with E-state index in [4.69, 9.17) is 4.42 Å². The number of nitrogens with zero attached hydrogens (tertiary/aromatic N) is 1. The molecule has 0 radical (unpaired) electrons. The predicted octanol–water partition coefficient (Wildman–Crippen LogP) is 7.84. The SMILES string of the molecule is c1ccc2c(c1)ccc1c3ccccc3n(-c3ccc4c(c3)oc3ccccc34)c21. The van der Waals surface area contributed by atoms with Crippen molar-refractivity contribution in [1.29, 1.82) is 0 Å². The van der Waals surface area contributed by atoms with Gasteiger partial charge in [0.25, 0.3) is 0 Å². The van der Waals surface area contributed by atoms with Crippen LogP contribution in [0.3, 0.4) is 0 Å². The molecule has 0 aliphatic heterocycles. The van der Waals surface area contributed by atoms with Gasteiger partial charge in [0.05, 0.1) is 11.0 Å². The van der Waals surface area contributed by atoms with E-state index >= 15 is 0 Å². The maximum absolute atomic E-state index is 6.19. The maximum atomic E-state index is 6.19. The summed E-state index contributed by atoms with van der Waals surface area (Å²) in [4.78, 5) is 0. The summed E-state index contributed by atoms with van der Waals surface area (Å²) in [6.07, 6.45) is 0. The fourth-order valence-electron chi connectivity index (χ4n) is 4.85. The van der Waals surface area contributed by atoms with Gasteiger partial charge in [-0.3, -0.25) is 0 Å². The minimum atomic E-state index is 0.917. The Morgan fingerprint density at radius 3 is 2.13 bits per heavy atom. The Morgan fingerprint density at radius 1 is 0.500 bits per heavy atom. The van der Waals surface area contributed by atoms with Crippen molar-refractivity contribution < 1.29 is 4.42 Å². The van der Waals surface area contributed by atoms with Gasteiger partial charge < -0.3 is 8.98 Å². The number of fused-ring (bicyclic) bond motifs is 8. The van der Waals surface area contributed by atoms with Crippen LogP contribution < -0.4 is 0 Å². The topological polar surface area (TPSA) is 18.1 Å². The molecule has 0 amide bonds. The number of hydrogen-bond donors (Lipinski definition) is 0. The Labute approximate surface area is 172 Å². The molecule has 0 N–H and O–H groups in total. The van der Waals surface area contributed by atoms with Gasteiger partial charge in [0.2, 0.25) is 0 Å². The highest BCUT2D eigenvalue weighted by Gasteiger charge is 2.16. The van der Waals surface area contributed by atoms with Gasteiger partial charge in [0, 0.05) is 38.7 Å². The summed E-state index contributed by atoms with van der Waals surface area (Å²) in [6, 6.07) is 36.5. The van der Waals surface area contributed by atoms with Crippen LogP contribution in [0.25, 0.3) is 60.2 Å². The molecule has 2 nitrogen and oxygen atoms in total. The number of furan rings is 1. The molecule has 0 bridgehead atoms. The molecular weight excluding hydrogens is 366 g/mol. The second-order valence-electron chi connectivity index (χ2n) is 7.81. The highest BCUT2D eigenvalue weighted by atomic mass is 16.3. The van der Waals surface area contributed by atoms with Gasteiger partial charge in [0.1, 0.15) is 11.2 Å². The molecule has 2 aromatic heterocycles. The van der Waals surface area contributed by atoms with Gasteiger partial charge >= 0.3 is 0 Å². The maximum Gasteiger partial charge on any atom is 0.137 e. The fourth-order valence-corrected chi connectivity index (χ4v) is 4.85. The normalized spacial score (nSPS) is 12.0. The zero-order valence-corrected chi connectivity index (χ0v) is 16.2. The summed E-state index contributed by atoms with van der Waals surface area (Å²) in [5, 5.41) is 7.36. The Kier molecular flexibility index (Phi) is 3.03. The van der Waals surface area contributed by atoms with E-state index in [-0.39, 0.29) is 0 Å². The molecule has 0 aliphatic carbocycles. The van der Waals surface area contributed by atoms with Crippen molar-refractivity contribution in [2.24, 2.45) is 0 Å². The molecule has 0 aliphatic rings. The van der Waals surface area contributed by atoms with Crippen LogP contribution in [0.2, 0.25) is 0 Å². The second-order valence-corrected chi connectivity index (χ2v) is 7.81. The zero-order valence-electron chi connectivity index (χ0n) is 16.2. The van der Waals surface area contributed by atoms with Gasteiger partial charge in [-0.1, -0.05) is 72.8 Å². The first-order chi connectivity index (χ1) is 14.9. The van der Waals surface area contributed by atoms with Crippen LogP contribution in [0.5, 0.6) is 0 Å². The second kappa shape index (κ2) is 5.74. The fraction of sp³-hybridized carbons (Fsp3) is 0. The minimum Gasteiger partial charge on any atom is -0.456 e. The molecule has 0 spiro atoms. The molecular formula is C28H17NO. The van der Waals surface area contributed by atoms with Crippen LogP contribution >= 0.6 is 0 Å². The molecule has 140 valence electrons. The lowest BCUT2D eigenvalue weighted by atomic mass is 10.1. The van der Waals surface area contributed by atoms with E-state index in [1.807, 2.05) is 12.1 Å². The van der Waals surface area contributed by atoms with Gasteiger partial charge in [-0.15, -0.1) is 0 Å². The molecule has 0 saturated heterocycles. The van der Waals surface area contributed by atoms with E-state index in [0.29, 0.717) is 0 Å². The summed E-state index contributed by atoms with van der Waals surface area (Å²) in [6.45, 7) is 0. The minimum absolute atomic E-state index is 0.917. The Balaban J connectivity index is 1.66. The monoisotopic (exact) mass is 383 g/mol. The average molecular weight is 383 g/mol. The number of hydrogen-bond acceptors (Lipinski definition) is 1. The summed E-state index contributed by atoms with van der Waals surface area (Å²) >= 11 is 0. The summed E-state index contributed by atoms with van der Waals surface area (Å²) < 4.78 is 8.56. The van der Waals surface area contributed by atoms with Crippen LogP contribution in [0.4, 0.5) is 0 Å². The third kappa shape index (κ3) is 2.03. The lowest BCUT2D eigenvalue weighted by Crippen LogP contribution is -1.94. The largest absolute Gasteiger partial charge is 0.456 e. The van der Waals surface area contributed by atoms with Crippen molar-refractivity contribution in [3.8, 4) is 5.69 Å². The molecule has 0 fully saturated rings. The third-order valence-corrected chi connectivity index (χ3v) is 6.18. The van der Waals surface area contributed by atoms with Crippen LogP contribution in [0.1, 0.15) is 0 Å². The molecule has 0 saturated carbocycles. The Hall–Kier alpha value is -4.04. The van der Waals surface area contributed by atoms with Crippen molar-refractivity contribution in [2.75, 3.05) is 0 Å². The van der Waals surface area contributed by atoms with E-state index in [1.165, 1.54) is 32.6 Å². The molecule has 7 aromatic rings. The first-order valence-electron chi connectivity index (χ1n) is 10.2. The van der Waals surface area contributed by atoms with Crippen molar-refractivity contribution in [3.05, 3.63) is 103 Å². The highest BCUT2D eigenvalue weighted by Crippen LogP contribution is 2.38. The van der Waals surface area contributed by atoms with Crippen LogP contribution in [-0.2, 0) is 0 Å². The lowest BCUT2D eigenvalue weighted by molar-refractivity contribution is 0.668. The van der Waals surface area contributed by atoms with Crippen LogP contribution in [0, 0.1) is 0 Å². The Bertz CT molecular complexity index is 1750. The molecule has 2 heterocycles. The number of para-hydroxylation sites is 2. The third-order valence-electron chi connectivity index (χ3n) is 6.18. The molecule has 2 heteroatoms. The van der Waals surface area contributed by atoms with E-state index in [2.05, 4.69) is 95.6 Å². The molecule has 0 unspecified atom stereocenters. The van der Waals surface area contributed by atoms with Gasteiger partial charge in [-0.05, 0) is 29.7 Å². The van der Waals surface area contributed by atoms with Crippen molar-refractivity contribution in [3.63, 3.8) is 0 Å². The van der Waals surface area contributed by atoms with Crippen molar-refractivity contribution >= 4 is 54.5 Å². The number of benzene rings is 5. The van der Waals surface area contributed by atoms with E-state index in [1.54, 1.807) is 0 Å². The predicted molar refractivity (Wildman–Crippen MR) is 126 cm³/mol. The van der Waals surface area contributed by atoms with Crippen LogP contribution in [0.15, 0.2) is 108 Å². The standard InChI is InChI=1S/C28H17NO/c1-2-8-20-18(7-1)13-15-24-21-9-3-5-11-25(21)29(28(20)24)19-14-16-23-22-10-4-6-12-26(22)30-27(23)17-19/h1-17H. The first kappa shape index (κ1) is 15.8.